The molecule has 1 saturated heterocycles. The highest BCUT2D eigenvalue weighted by Gasteiger charge is 2.25. The summed E-state index contributed by atoms with van der Waals surface area (Å²) in [7, 11) is -0.251. The quantitative estimate of drug-likeness (QED) is 0.682. The van der Waals surface area contributed by atoms with Crippen LogP contribution in [0.25, 0.3) is 0 Å². The van der Waals surface area contributed by atoms with Crippen molar-refractivity contribution in [2.75, 3.05) is 13.2 Å². The fraction of sp³-hybridized carbons (Fsp3) is 0.133. The van der Waals surface area contributed by atoms with Crippen molar-refractivity contribution >= 4 is 24.5 Å². The molecule has 1 aliphatic heterocycles. The molecule has 0 unspecified atom stereocenters. The van der Waals surface area contributed by atoms with E-state index in [1.54, 1.807) is 24.4 Å². The number of benzene rings is 2. The van der Waals surface area contributed by atoms with Crippen LogP contribution in [0.2, 0.25) is 0 Å². The molecule has 0 spiro atoms. The third-order valence-corrected chi connectivity index (χ3v) is 3.06. The van der Waals surface area contributed by atoms with Crippen molar-refractivity contribution in [3.63, 3.8) is 0 Å². The van der Waals surface area contributed by atoms with Gasteiger partial charge in [-0.05, 0) is 23.2 Å². The molecule has 0 aromatic heterocycles. The second-order valence-electron chi connectivity index (χ2n) is 4.49. The first-order chi connectivity index (χ1) is 9.83. The number of phenolic OH excluding ortho intramolecular Hbond substituents is 1. The molecule has 1 aliphatic rings. The Balaban J connectivity index is 1.73. The van der Waals surface area contributed by atoms with E-state index in [0.717, 1.165) is 11.0 Å². The minimum absolute atomic E-state index is 0.174. The molecule has 2 aromatic carbocycles. The predicted molar refractivity (Wildman–Crippen MR) is 79.1 cm³/mol. The molecule has 4 nitrogen and oxygen atoms in total. The van der Waals surface area contributed by atoms with E-state index < -0.39 is 0 Å². The van der Waals surface area contributed by atoms with Gasteiger partial charge in [0.15, 0.2) is 0 Å². The lowest BCUT2D eigenvalue weighted by Gasteiger charge is -2.04. The third kappa shape index (κ3) is 2.90. The predicted octanol–water partition coefficient (Wildman–Crippen LogP) is 1.88. The molecular weight excluding hydrogens is 253 g/mol. The molecule has 0 amide bonds. The maximum Gasteiger partial charge on any atom is 0.494 e. The lowest BCUT2D eigenvalue weighted by molar-refractivity contribution is 0.365. The van der Waals surface area contributed by atoms with Gasteiger partial charge in [-0.15, -0.1) is 0 Å². The van der Waals surface area contributed by atoms with Crippen molar-refractivity contribution in [1.29, 1.82) is 0 Å². The Kier molecular flexibility index (Phi) is 3.81. The van der Waals surface area contributed by atoms with Crippen LogP contribution in [0.5, 0.6) is 5.75 Å². The Labute approximate surface area is 117 Å². The number of aromatic hydroxyl groups is 1. The number of aliphatic imine (C=N–C) groups is 1. The van der Waals surface area contributed by atoms with Gasteiger partial charge < -0.3 is 14.4 Å². The molecule has 1 fully saturated rings. The zero-order chi connectivity index (χ0) is 13.8. The maximum atomic E-state index is 9.63. The molecule has 5 heteroatoms. The van der Waals surface area contributed by atoms with E-state index in [9.17, 15) is 5.11 Å². The van der Waals surface area contributed by atoms with Crippen LogP contribution in [-0.2, 0) is 9.31 Å². The molecule has 0 atom stereocenters. The SMILES string of the molecule is Oc1ccccc1N=Cc1ccc(B2OCCO2)cc1. The fourth-order valence-corrected chi connectivity index (χ4v) is 2.01. The molecule has 0 radical (unpaired) electrons. The van der Waals surface area contributed by atoms with Gasteiger partial charge in [0, 0.05) is 6.21 Å². The number of nitrogens with zero attached hydrogens (tertiary/aromatic N) is 1. The minimum atomic E-state index is -0.251. The number of rotatable bonds is 3. The summed E-state index contributed by atoms with van der Waals surface area (Å²) in [5, 5.41) is 9.63. The zero-order valence-electron chi connectivity index (χ0n) is 10.9. The van der Waals surface area contributed by atoms with E-state index in [1.165, 1.54) is 0 Å². The molecule has 0 aliphatic carbocycles. The molecule has 0 saturated carbocycles. The lowest BCUT2D eigenvalue weighted by atomic mass is 9.79. The number of hydrogen-bond donors (Lipinski definition) is 1. The lowest BCUT2D eigenvalue weighted by Crippen LogP contribution is -2.31. The summed E-state index contributed by atoms with van der Waals surface area (Å²) in [5.41, 5.74) is 2.51. The molecular formula is C15H14BNO3. The molecule has 2 aromatic rings. The summed E-state index contributed by atoms with van der Waals surface area (Å²) in [5.74, 6) is 0.174. The van der Waals surface area contributed by atoms with Crippen LogP contribution in [0, 0.1) is 0 Å². The summed E-state index contributed by atoms with van der Waals surface area (Å²) in [4.78, 5) is 4.27. The van der Waals surface area contributed by atoms with Crippen molar-refractivity contribution in [2.45, 2.75) is 0 Å². The maximum absolute atomic E-state index is 9.63. The van der Waals surface area contributed by atoms with Crippen LogP contribution in [0.15, 0.2) is 53.5 Å². The summed E-state index contributed by atoms with van der Waals surface area (Å²) in [6, 6.07) is 14.8. The molecule has 1 heterocycles. The van der Waals surface area contributed by atoms with Gasteiger partial charge in [0.2, 0.25) is 0 Å². The van der Waals surface area contributed by atoms with Crippen molar-refractivity contribution in [3.05, 3.63) is 54.1 Å². The second-order valence-corrected chi connectivity index (χ2v) is 4.49. The van der Waals surface area contributed by atoms with Crippen LogP contribution in [0.1, 0.15) is 5.56 Å². The van der Waals surface area contributed by atoms with Crippen LogP contribution in [0.3, 0.4) is 0 Å². The van der Waals surface area contributed by atoms with Gasteiger partial charge in [0.1, 0.15) is 11.4 Å². The average Bonchev–Trinajstić information content (AvgIpc) is 3.01. The highest BCUT2D eigenvalue weighted by Crippen LogP contribution is 2.24. The molecule has 20 heavy (non-hydrogen) atoms. The van der Waals surface area contributed by atoms with Gasteiger partial charge in [-0.2, -0.15) is 0 Å². The Bertz CT molecular complexity index is 607. The highest BCUT2D eigenvalue weighted by molar-refractivity contribution is 6.61. The third-order valence-electron chi connectivity index (χ3n) is 3.06. The Morgan fingerprint density at radius 3 is 2.40 bits per heavy atom. The fourth-order valence-electron chi connectivity index (χ4n) is 2.01. The van der Waals surface area contributed by atoms with Crippen LogP contribution in [-0.4, -0.2) is 31.7 Å². The molecule has 1 N–H and O–H groups in total. The van der Waals surface area contributed by atoms with Gasteiger partial charge in [-0.3, -0.25) is 4.99 Å². The molecule has 0 bridgehead atoms. The van der Waals surface area contributed by atoms with Gasteiger partial charge in [0.25, 0.3) is 0 Å². The van der Waals surface area contributed by atoms with Gasteiger partial charge in [-0.25, -0.2) is 0 Å². The van der Waals surface area contributed by atoms with Crippen molar-refractivity contribution < 1.29 is 14.4 Å². The van der Waals surface area contributed by atoms with E-state index in [0.29, 0.717) is 18.9 Å². The van der Waals surface area contributed by atoms with Crippen LogP contribution in [0.4, 0.5) is 5.69 Å². The second kappa shape index (κ2) is 5.90. The standard InChI is InChI=1S/C15H14BNO3/c18-15-4-2-1-3-14(15)17-11-12-5-7-13(8-6-12)16-19-9-10-20-16/h1-8,11,18H,9-10H2. The monoisotopic (exact) mass is 267 g/mol. The van der Waals surface area contributed by atoms with E-state index in [1.807, 2.05) is 30.3 Å². The summed E-state index contributed by atoms with van der Waals surface area (Å²) < 4.78 is 10.9. The van der Waals surface area contributed by atoms with Crippen LogP contribution >= 0.6 is 0 Å². The normalized spacial score (nSPS) is 15.1. The van der Waals surface area contributed by atoms with Gasteiger partial charge in [-0.1, -0.05) is 36.4 Å². The van der Waals surface area contributed by atoms with Crippen molar-refractivity contribution in [1.82, 2.24) is 0 Å². The zero-order valence-corrected chi connectivity index (χ0v) is 10.9. The average molecular weight is 267 g/mol. The Morgan fingerprint density at radius 1 is 1.00 bits per heavy atom. The van der Waals surface area contributed by atoms with Crippen molar-refractivity contribution in [3.8, 4) is 5.75 Å². The van der Waals surface area contributed by atoms with E-state index >= 15 is 0 Å². The highest BCUT2D eigenvalue weighted by atomic mass is 16.6. The first-order valence-corrected chi connectivity index (χ1v) is 6.48. The van der Waals surface area contributed by atoms with E-state index in [4.69, 9.17) is 9.31 Å². The van der Waals surface area contributed by atoms with E-state index in [2.05, 4.69) is 4.99 Å². The number of para-hydroxylation sites is 2. The van der Waals surface area contributed by atoms with Crippen molar-refractivity contribution in [2.24, 2.45) is 4.99 Å². The first kappa shape index (κ1) is 12.9. The smallest absolute Gasteiger partial charge is 0.494 e. The minimum Gasteiger partial charge on any atom is -0.506 e. The Hall–Kier alpha value is -2.11. The topological polar surface area (TPSA) is 51.1 Å². The van der Waals surface area contributed by atoms with E-state index in [-0.39, 0.29) is 12.9 Å². The summed E-state index contributed by atoms with van der Waals surface area (Å²) in [6.07, 6.45) is 1.72. The summed E-state index contributed by atoms with van der Waals surface area (Å²) >= 11 is 0. The number of hydrogen-bond acceptors (Lipinski definition) is 4. The van der Waals surface area contributed by atoms with Gasteiger partial charge >= 0.3 is 7.12 Å². The first-order valence-electron chi connectivity index (χ1n) is 6.48. The number of phenols is 1. The molecule has 100 valence electrons. The largest absolute Gasteiger partial charge is 0.506 e. The Morgan fingerprint density at radius 2 is 1.70 bits per heavy atom. The van der Waals surface area contributed by atoms with Gasteiger partial charge in [0.05, 0.1) is 13.2 Å². The molecule has 3 rings (SSSR count). The van der Waals surface area contributed by atoms with Crippen LogP contribution < -0.4 is 5.46 Å². The summed E-state index contributed by atoms with van der Waals surface area (Å²) in [6.45, 7) is 1.28.